The predicted molar refractivity (Wildman–Crippen MR) is 131 cm³/mol. The summed E-state index contributed by atoms with van der Waals surface area (Å²) >= 11 is 0. The summed E-state index contributed by atoms with van der Waals surface area (Å²) in [4.78, 5) is 0. The van der Waals surface area contributed by atoms with Crippen LogP contribution in [0.3, 0.4) is 0 Å². The Kier molecular flexibility index (Phi) is 25.0. The van der Waals surface area contributed by atoms with Crippen molar-refractivity contribution in [3.63, 3.8) is 0 Å². The van der Waals surface area contributed by atoms with Gasteiger partial charge in [-0.3, -0.25) is 0 Å². The van der Waals surface area contributed by atoms with E-state index in [4.69, 9.17) is 0 Å². The molecule has 28 heavy (non-hydrogen) atoms. The molecule has 0 rings (SSSR count). The van der Waals surface area contributed by atoms with Crippen molar-refractivity contribution in [2.75, 3.05) is 0 Å². The summed E-state index contributed by atoms with van der Waals surface area (Å²) in [6, 6.07) is 0. The van der Waals surface area contributed by atoms with E-state index < -0.39 is 0 Å². The smallest absolute Gasteiger partial charge is 0.0414 e. The fourth-order valence-corrected chi connectivity index (χ4v) is 4.55. The van der Waals surface area contributed by atoms with Gasteiger partial charge in [-0.2, -0.15) is 0 Å². The molecule has 0 saturated heterocycles. The van der Waals surface area contributed by atoms with Gasteiger partial charge in [0.1, 0.15) is 0 Å². The first-order chi connectivity index (χ1) is 13.8. The van der Waals surface area contributed by atoms with Crippen molar-refractivity contribution in [3.05, 3.63) is 6.92 Å². The minimum Gasteiger partial charge on any atom is -0.0654 e. The lowest BCUT2D eigenvalue weighted by Gasteiger charge is -2.15. The molecular weight excluding hydrogens is 336 g/mol. The summed E-state index contributed by atoms with van der Waals surface area (Å²) in [7, 11) is 0. The molecule has 0 heterocycles. The second kappa shape index (κ2) is 25.0. The number of rotatable bonds is 24. The highest BCUT2D eigenvalue weighted by atomic mass is 14.1. The van der Waals surface area contributed by atoms with E-state index in [0.29, 0.717) is 0 Å². The van der Waals surface area contributed by atoms with Crippen LogP contribution in [0.5, 0.6) is 0 Å². The molecule has 0 nitrogen and oxygen atoms in total. The maximum Gasteiger partial charge on any atom is -0.0414 e. The average Bonchev–Trinajstić information content (AvgIpc) is 2.71. The summed E-state index contributed by atoms with van der Waals surface area (Å²) in [5, 5.41) is 0. The molecule has 0 N–H and O–H groups in total. The lowest BCUT2D eigenvalue weighted by Crippen LogP contribution is -2.00. The molecule has 0 fully saturated rings. The molecule has 0 aliphatic heterocycles. The Hall–Kier alpha value is 0. The number of unbranched alkanes of at least 4 members (excludes halogenated alkanes) is 18. The topological polar surface area (TPSA) is 0 Å². The SMILES string of the molecule is [CH2]CCC(CCCC)CCCCCCCCCCCCCCCCCCCC. The Balaban J connectivity index is 3.17. The predicted octanol–water partition coefficient (Wildman–Crippen LogP) is 10.8. The van der Waals surface area contributed by atoms with Crippen LogP contribution in [0.2, 0.25) is 0 Å². The molecule has 0 heteroatoms. The van der Waals surface area contributed by atoms with E-state index in [9.17, 15) is 0 Å². The van der Waals surface area contributed by atoms with Crippen LogP contribution in [0.15, 0.2) is 0 Å². The highest BCUT2D eigenvalue weighted by molar-refractivity contribution is 4.61. The van der Waals surface area contributed by atoms with E-state index in [2.05, 4.69) is 20.8 Å². The zero-order valence-electron chi connectivity index (χ0n) is 20.3. The summed E-state index contributed by atoms with van der Waals surface area (Å²) in [6.07, 6.45) is 34.7. The van der Waals surface area contributed by atoms with Crippen molar-refractivity contribution in [3.8, 4) is 0 Å². The van der Waals surface area contributed by atoms with Gasteiger partial charge in [-0.15, -0.1) is 0 Å². The fourth-order valence-electron chi connectivity index (χ4n) is 4.55. The molecule has 169 valence electrons. The average molecular weight is 394 g/mol. The Morgan fingerprint density at radius 3 is 1.07 bits per heavy atom. The summed E-state index contributed by atoms with van der Waals surface area (Å²) in [5.41, 5.74) is 0. The maximum atomic E-state index is 4.06. The largest absolute Gasteiger partial charge is 0.0654 e. The molecule has 0 aliphatic rings. The number of hydrogen-bond donors (Lipinski definition) is 0. The normalized spacial score (nSPS) is 12.5. The van der Waals surface area contributed by atoms with Crippen LogP contribution in [-0.2, 0) is 0 Å². The van der Waals surface area contributed by atoms with Crippen LogP contribution in [0.25, 0.3) is 0 Å². The lowest BCUT2D eigenvalue weighted by atomic mass is 9.91. The monoisotopic (exact) mass is 393 g/mol. The van der Waals surface area contributed by atoms with Crippen molar-refractivity contribution in [1.29, 1.82) is 0 Å². The van der Waals surface area contributed by atoms with Gasteiger partial charge in [0.25, 0.3) is 0 Å². The molecule has 1 radical (unpaired) electrons. The minimum absolute atomic E-state index is 0.971. The van der Waals surface area contributed by atoms with Gasteiger partial charge in [-0.05, 0) is 5.92 Å². The first kappa shape index (κ1) is 28.0. The van der Waals surface area contributed by atoms with E-state index in [1.165, 1.54) is 148 Å². The van der Waals surface area contributed by atoms with Crippen LogP contribution in [0, 0.1) is 12.8 Å². The van der Waals surface area contributed by atoms with E-state index >= 15 is 0 Å². The van der Waals surface area contributed by atoms with Crippen LogP contribution in [0.4, 0.5) is 0 Å². The van der Waals surface area contributed by atoms with Crippen molar-refractivity contribution in [1.82, 2.24) is 0 Å². The molecule has 1 atom stereocenters. The van der Waals surface area contributed by atoms with E-state index in [-0.39, 0.29) is 0 Å². The zero-order chi connectivity index (χ0) is 20.5. The molecule has 0 aromatic heterocycles. The van der Waals surface area contributed by atoms with Gasteiger partial charge in [0.15, 0.2) is 0 Å². The summed E-state index contributed by atoms with van der Waals surface area (Å²) < 4.78 is 0. The Labute approximate surface area is 181 Å². The molecule has 0 aliphatic carbocycles. The molecule has 1 unspecified atom stereocenters. The first-order valence-corrected chi connectivity index (χ1v) is 13.6. The van der Waals surface area contributed by atoms with Crippen molar-refractivity contribution in [2.45, 2.75) is 168 Å². The van der Waals surface area contributed by atoms with Crippen LogP contribution >= 0.6 is 0 Å². The molecule has 0 amide bonds. The van der Waals surface area contributed by atoms with Crippen LogP contribution in [0.1, 0.15) is 168 Å². The molecule has 0 saturated carbocycles. The number of hydrogen-bond acceptors (Lipinski definition) is 0. The van der Waals surface area contributed by atoms with Crippen LogP contribution in [-0.4, -0.2) is 0 Å². The van der Waals surface area contributed by atoms with Gasteiger partial charge in [0, 0.05) is 0 Å². The van der Waals surface area contributed by atoms with Gasteiger partial charge in [-0.1, -0.05) is 175 Å². The second-order valence-corrected chi connectivity index (χ2v) is 9.45. The van der Waals surface area contributed by atoms with Gasteiger partial charge in [0.05, 0.1) is 0 Å². The van der Waals surface area contributed by atoms with E-state index in [0.717, 1.165) is 12.3 Å². The maximum absolute atomic E-state index is 4.06. The van der Waals surface area contributed by atoms with E-state index in [1.54, 1.807) is 0 Å². The van der Waals surface area contributed by atoms with Crippen molar-refractivity contribution in [2.24, 2.45) is 5.92 Å². The van der Waals surface area contributed by atoms with E-state index in [1.807, 2.05) is 0 Å². The third-order valence-electron chi connectivity index (χ3n) is 6.54. The molecular formula is C28H57. The zero-order valence-corrected chi connectivity index (χ0v) is 20.3. The van der Waals surface area contributed by atoms with Crippen molar-refractivity contribution < 1.29 is 0 Å². The quantitative estimate of drug-likeness (QED) is 0.143. The third kappa shape index (κ3) is 22.3. The van der Waals surface area contributed by atoms with Gasteiger partial charge < -0.3 is 0 Å². The Bertz CT molecular complexity index is 257. The third-order valence-corrected chi connectivity index (χ3v) is 6.54. The van der Waals surface area contributed by atoms with Gasteiger partial charge >= 0.3 is 0 Å². The molecule has 0 spiro atoms. The second-order valence-electron chi connectivity index (χ2n) is 9.45. The molecule has 0 aromatic carbocycles. The van der Waals surface area contributed by atoms with Gasteiger partial charge in [0.2, 0.25) is 0 Å². The standard InChI is InChI=1S/C28H57/c1-4-7-9-10-11-12-13-14-15-16-17-18-19-20-21-22-23-24-27-28(25-6-3)26-8-5-2/h28H,3-27H2,1-2H3. The Morgan fingerprint density at radius 2 is 0.714 bits per heavy atom. The first-order valence-electron chi connectivity index (χ1n) is 13.6. The lowest BCUT2D eigenvalue weighted by molar-refractivity contribution is 0.388. The molecule has 0 bridgehead atoms. The minimum atomic E-state index is 0.971. The fraction of sp³-hybridized carbons (Fsp3) is 0.964. The molecule has 0 aromatic rings. The van der Waals surface area contributed by atoms with Crippen LogP contribution < -0.4 is 0 Å². The van der Waals surface area contributed by atoms with Crippen molar-refractivity contribution >= 4 is 0 Å². The highest BCUT2D eigenvalue weighted by Crippen LogP contribution is 2.22. The summed E-state index contributed by atoms with van der Waals surface area (Å²) in [5.74, 6) is 0.971. The van der Waals surface area contributed by atoms with Gasteiger partial charge in [-0.25, -0.2) is 0 Å². The highest BCUT2D eigenvalue weighted by Gasteiger charge is 2.06. The summed E-state index contributed by atoms with van der Waals surface area (Å²) in [6.45, 7) is 8.68. The Morgan fingerprint density at radius 1 is 0.393 bits per heavy atom.